The van der Waals surface area contributed by atoms with Crippen LogP contribution in [0, 0.1) is 0 Å². The molecule has 0 aliphatic carbocycles. The van der Waals surface area contributed by atoms with Crippen molar-refractivity contribution in [2.24, 2.45) is 5.73 Å². The van der Waals surface area contributed by atoms with Gasteiger partial charge in [0.1, 0.15) is 11.2 Å². The fourth-order valence-electron chi connectivity index (χ4n) is 3.94. The third kappa shape index (κ3) is 35.8. The van der Waals surface area contributed by atoms with Crippen molar-refractivity contribution < 1.29 is 73.0 Å². The molecule has 0 aliphatic rings. The smallest absolute Gasteiger partial charge is 0.444 e. The Balaban J connectivity index is -0.000000383. The number of nitrogens with zero attached hydrogens (tertiary/aromatic N) is 4. The summed E-state index contributed by atoms with van der Waals surface area (Å²) in [6, 6.07) is 0.259. The second kappa shape index (κ2) is 29.5. The number of alkyl halides is 9. The van der Waals surface area contributed by atoms with Crippen molar-refractivity contribution >= 4 is 29.9 Å². The van der Waals surface area contributed by atoms with E-state index in [1.165, 1.54) is 9.80 Å². The van der Waals surface area contributed by atoms with Crippen LogP contribution in [0.1, 0.15) is 96.9 Å². The van der Waals surface area contributed by atoms with E-state index in [9.17, 15) is 63.5 Å². The zero-order valence-corrected chi connectivity index (χ0v) is 39.1. The number of rotatable bonds is 15. The van der Waals surface area contributed by atoms with Crippen LogP contribution in [0.3, 0.4) is 0 Å². The lowest BCUT2D eigenvalue weighted by molar-refractivity contribution is -0.184. The molecule has 0 fully saturated rings. The lowest BCUT2D eigenvalue weighted by atomic mass is 10.2. The number of hydrogen-bond acceptors (Lipinski definition) is 10. The summed E-state index contributed by atoms with van der Waals surface area (Å²) in [6.45, 7) is 26.4. The predicted molar refractivity (Wildman–Crippen MR) is 218 cm³/mol. The SMILES string of the molecule is CC(C)N(CCN(C)C(=O)C(F)(F)F)C(=O)OC(C)(C)C.CC(C)N(CCNC(=O)C(F)(F)F)C(=O)OC(C)(C)C.CC(C)NCCN.CC(C)NCCN(C)C(=O)C(F)(F)F. The summed E-state index contributed by atoms with van der Waals surface area (Å²) < 4.78 is 119. The number of nitrogens with one attached hydrogen (secondary N) is 3. The van der Waals surface area contributed by atoms with Gasteiger partial charge in [-0.2, -0.15) is 39.5 Å². The Kier molecular flexibility index (Phi) is 30.9. The molecule has 0 aliphatic heterocycles. The molecule has 0 aromatic heterocycles. The minimum atomic E-state index is -4.92. The maximum Gasteiger partial charge on any atom is 0.471 e. The normalized spacial score (nSPS) is 12.0. The standard InChI is InChI=1S/C13H23F3N2O3.C12H21F3N2O3.C8H15F3N2O.C5H14N2/c1-9(2)18(11(20)21-12(3,4)5)8-7-17(6)10(19)13(14,15)16;1-8(2)17(10(19)20-11(3,4)5)7-6-16-9(18)12(13,14)15;1-6(2)12-4-5-13(3)7(14)8(9,10)11;1-5(2)7-4-3-6/h9H,7-8H2,1-6H3;8H,6-7H2,1-5H3,(H,16,18);6,12H,4-5H2,1-3H3;5,7H,3-4,6H2,1-2H3. The van der Waals surface area contributed by atoms with E-state index in [1.54, 1.807) is 74.6 Å². The maximum atomic E-state index is 12.3. The summed E-state index contributed by atoms with van der Waals surface area (Å²) in [5, 5.41) is 7.80. The van der Waals surface area contributed by atoms with E-state index < -0.39 is 59.6 Å². The molecule has 0 saturated carbocycles. The Hall–Kier alpha value is -3.80. The van der Waals surface area contributed by atoms with Gasteiger partial charge in [0, 0.05) is 90.6 Å². The number of amides is 5. The highest BCUT2D eigenvalue weighted by molar-refractivity contribution is 5.82. The zero-order chi connectivity index (χ0) is 50.2. The lowest BCUT2D eigenvalue weighted by Crippen LogP contribution is -2.47. The Morgan fingerprint density at radius 3 is 1.13 bits per heavy atom. The lowest BCUT2D eigenvalue weighted by Gasteiger charge is -2.31. The number of hydrogen-bond donors (Lipinski definition) is 4. The van der Waals surface area contributed by atoms with E-state index in [1.807, 2.05) is 13.8 Å². The molecule has 0 radical (unpaired) electrons. The van der Waals surface area contributed by atoms with Crippen LogP contribution in [0.5, 0.6) is 0 Å². The first-order valence-electron chi connectivity index (χ1n) is 19.8. The molecule has 0 saturated heterocycles. The number of ether oxygens (including phenoxy) is 2. The molecule has 0 heterocycles. The van der Waals surface area contributed by atoms with E-state index in [4.69, 9.17) is 15.2 Å². The van der Waals surface area contributed by atoms with Crippen LogP contribution in [-0.2, 0) is 23.9 Å². The van der Waals surface area contributed by atoms with Gasteiger partial charge in [-0.15, -0.1) is 0 Å². The van der Waals surface area contributed by atoms with Crippen LogP contribution in [0.25, 0.3) is 0 Å². The van der Waals surface area contributed by atoms with E-state index in [-0.39, 0.29) is 50.8 Å². The number of carbonyl (C=O) groups excluding carboxylic acids is 5. The van der Waals surface area contributed by atoms with Gasteiger partial charge in [0.2, 0.25) is 0 Å². The molecule has 0 bridgehead atoms. The molecule has 0 spiro atoms. The molecular weight excluding hydrogens is 851 g/mol. The van der Waals surface area contributed by atoms with E-state index in [0.717, 1.165) is 27.2 Å². The number of halogens is 9. The number of likely N-dealkylation sites (N-methyl/N-ethyl adjacent to an activating group) is 2. The van der Waals surface area contributed by atoms with Crippen LogP contribution in [0.2, 0.25) is 0 Å². The van der Waals surface area contributed by atoms with Gasteiger partial charge in [0.15, 0.2) is 0 Å². The summed E-state index contributed by atoms with van der Waals surface area (Å²) in [7, 11) is 2.18. The highest BCUT2D eigenvalue weighted by Gasteiger charge is 2.42. The van der Waals surface area contributed by atoms with E-state index in [2.05, 4.69) is 24.5 Å². The first kappa shape index (κ1) is 64.8. The molecule has 0 unspecified atom stereocenters. The Bertz CT molecular complexity index is 1300. The third-order valence-corrected chi connectivity index (χ3v) is 6.95. The molecule has 5 amide bonds. The highest BCUT2D eigenvalue weighted by atomic mass is 19.4. The molecule has 15 nitrogen and oxygen atoms in total. The summed E-state index contributed by atoms with van der Waals surface area (Å²) in [5.41, 5.74) is 3.82. The molecular formula is C38H73F9N8O7. The quantitative estimate of drug-likeness (QED) is 0.144. The largest absolute Gasteiger partial charge is 0.471 e. The Labute approximate surface area is 361 Å². The van der Waals surface area contributed by atoms with Crippen molar-refractivity contribution in [1.82, 2.24) is 35.6 Å². The van der Waals surface area contributed by atoms with Gasteiger partial charge in [-0.05, 0) is 69.2 Å². The van der Waals surface area contributed by atoms with Crippen LogP contribution in [0.15, 0.2) is 0 Å². The molecule has 24 heteroatoms. The first-order chi connectivity index (χ1) is 27.6. The number of nitrogens with two attached hydrogens (primary N) is 1. The summed E-state index contributed by atoms with van der Waals surface area (Å²) >= 11 is 0. The predicted octanol–water partition coefficient (Wildman–Crippen LogP) is 5.91. The molecule has 370 valence electrons. The van der Waals surface area contributed by atoms with Crippen molar-refractivity contribution in [2.75, 3.05) is 66.5 Å². The van der Waals surface area contributed by atoms with Crippen LogP contribution in [0.4, 0.5) is 49.1 Å². The minimum absolute atomic E-state index is 0.0368. The highest BCUT2D eigenvalue weighted by Crippen LogP contribution is 2.19. The molecule has 5 N–H and O–H groups in total. The molecule has 0 atom stereocenters. The molecule has 0 rings (SSSR count). The zero-order valence-electron chi connectivity index (χ0n) is 39.1. The summed E-state index contributed by atoms with van der Waals surface area (Å²) in [5.74, 6) is -5.76. The molecule has 0 aromatic carbocycles. The minimum Gasteiger partial charge on any atom is -0.444 e. The van der Waals surface area contributed by atoms with E-state index >= 15 is 0 Å². The van der Waals surface area contributed by atoms with Gasteiger partial charge >= 0.3 is 48.4 Å². The summed E-state index contributed by atoms with van der Waals surface area (Å²) in [6.07, 6.45) is -15.9. The van der Waals surface area contributed by atoms with Crippen molar-refractivity contribution in [2.45, 2.75) is 151 Å². The van der Waals surface area contributed by atoms with Crippen molar-refractivity contribution in [1.29, 1.82) is 0 Å². The second-order valence-electron chi connectivity index (χ2n) is 16.7. The van der Waals surface area contributed by atoms with Gasteiger partial charge in [-0.25, -0.2) is 9.59 Å². The average Bonchev–Trinajstić information content (AvgIpc) is 3.05. The maximum absolute atomic E-state index is 12.3. The second-order valence-corrected chi connectivity index (χ2v) is 16.7. The Morgan fingerprint density at radius 2 is 0.855 bits per heavy atom. The third-order valence-electron chi connectivity index (χ3n) is 6.95. The molecule has 0 aromatic rings. The number of carbonyl (C=O) groups is 5. The monoisotopic (exact) mass is 925 g/mol. The van der Waals surface area contributed by atoms with Gasteiger partial charge in [0.25, 0.3) is 0 Å². The first-order valence-corrected chi connectivity index (χ1v) is 19.8. The van der Waals surface area contributed by atoms with Crippen LogP contribution < -0.4 is 21.7 Å². The van der Waals surface area contributed by atoms with Crippen molar-refractivity contribution in [3.8, 4) is 0 Å². The van der Waals surface area contributed by atoms with Crippen molar-refractivity contribution in [3.63, 3.8) is 0 Å². The van der Waals surface area contributed by atoms with Crippen LogP contribution in [-0.4, -0.2) is 170 Å². The average molecular weight is 925 g/mol. The van der Waals surface area contributed by atoms with Gasteiger partial charge in [-0.1, -0.05) is 27.7 Å². The fraction of sp³-hybridized carbons (Fsp3) is 0.868. The Morgan fingerprint density at radius 1 is 0.516 bits per heavy atom. The van der Waals surface area contributed by atoms with Crippen molar-refractivity contribution in [3.05, 3.63) is 0 Å². The fourth-order valence-corrected chi connectivity index (χ4v) is 3.94. The van der Waals surface area contributed by atoms with Gasteiger partial charge in [0.05, 0.1) is 0 Å². The molecule has 62 heavy (non-hydrogen) atoms. The van der Waals surface area contributed by atoms with E-state index in [0.29, 0.717) is 22.4 Å². The summed E-state index contributed by atoms with van der Waals surface area (Å²) in [4.78, 5) is 59.8. The van der Waals surface area contributed by atoms with Gasteiger partial charge < -0.3 is 50.8 Å². The van der Waals surface area contributed by atoms with Gasteiger partial charge in [-0.3, -0.25) is 14.4 Å². The topological polar surface area (TPSA) is 179 Å². The van der Waals surface area contributed by atoms with Crippen LogP contribution >= 0.6 is 0 Å².